The highest BCUT2D eigenvalue weighted by Gasteiger charge is 2.30. The predicted molar refractivity (Wildman–Crippen MR) is 114 cm³/mol. The number of nitrogens with zero attached hydrogens (tertiary/aromatic N) is 3. The average molecular weight is 404 g/mol. The fourth-order valence-electron chi connectivity index (χ4n) is 3.36. The minimum absolute atomic E-state index is 0.0275. The molecule has 1 saturated carbocycles. The van der Waals surface area contributed by atoms with Crippen LogP contribution in [0.25, 0.3) is 10.7 Å². The summed E-state index contributed by atoms with van der Waals surface area (Å²) in [5.74, 6) is 1.60. The minimum Gasteiger partial charge on any atom is -0.489 e. The Morgan fingerprint density at radius 2 is 1.76 bits per heavy atom. The molecule has 146 valence electrons. The second-order valence-electron chi connectivity index (χ2n) is 7.26. The van der Waals surface area contributed by atoms with E-state index in [1.54, 1.807) is 16.0 Å². The molecule has 0 atom stereocenters. The van der Waals surface area contributed by atoms with Crippen molar-refractivity contribution in [3.63, 3.8) is 0 Å². The van der Waals surface area contributed by atoms with Gasteiger partial charge in [-0.15, -0.1) is 16.4 Å². The van der Waals surface area contributed by atoms with E-state index in [0.717, 1.165) is 40.4 Å². The normalized spacial score (nSPS) is 13.5. The Bertz CT molecular complexity index is 1140. The smallest absolute Gasteiger partial charge is 0.346 e. The second kappa shape index (κ2) is 7.72. The first-order valence-corrected chi connectivity index (χ1v) is 10.6. The molecule has 1 aliphatic carbocycles. The number of rotatable bonds is 7. The summed E-state index contributed by atoms with van der Waals surface area (Å²) in [4.78, 5) is 14.0. The maximum atomic E-state index is 12.9. The molecule has 29 heavy (non-hydrogen) atoms. The monoisotopic (exact) mass is 403 g/mol. The van der Waals surface area contributed by atoms with Crippen molar-refractivity contribution in [2.45, 2.75) is 32.0 Å². The zero-order valence-corrected chi connectivity index (χ0v) is 16.7. The Kier molecular flexibility index (Phi) is 4.77. The van der Waals surface area contributed by atoms with Gasteiger partial charge in [-0.3, -0.25) is 4.57 Å². The van der Waals surface area contributed by atoms with Gasteiger partial charge in [0.1, 0.15) is 12.4 Å². The van der Waals surface area contributed by atoms with Crippen molar-refractivity contribution in [1.29, 1.82) is 0 Å². The Morgan fingerprint density at radius 1 is 0.966 bits per heavy atom. The van der Waals surface area contributed by atoms with Gasteiger partial charge in [0.2, 0.25) is 0 Å². The quantitative estimate of drug-likeness (QED) is 0.448. The van der Waals surface area contributed by atoms with E-state index in [2.05, 4.69) is 5.10 Å². The third-order valence-electron chi connectivity index (χ3n) is 5.03. The molecule has 0 unspecified atom stereocenters. The summed E-state index contributed by atoms with van der Waals surface area (Å²) in [6.07, 6.45) is 2.11. The second-order valence-corrected chi connectivity index (χ2v) is 8.21. The van der Waals surface area contributed by atoms with Crippen LogP contribution in [0.4, 0.5) is 0 Å². The summed E-state index contributed by atoms with van der Waals surface area (Å²) in [7, 11) is 0. The number of aromatic nitrogens is 3. The molecule has 0 saturated heterocycles. The van der Waals surface area contributed by atoms with Crippen LogP contribution in [0.3, 0.4) is 0 Å². The van der Waals surface area contributed by atoms with Crippen LogP contribution in [-0.2, 0) is 13.2 Å². The molecule has 5 rings (SSSR count). The van der Waals surface area contributed by atoms with Crippen LogP contribution in [0.2, 0.25) is 0 Å². The standard InChI is InChI=1S/C23H21N3O2S/c27-23-25(24-22(21-7-4-14-29-21)26(23)19-10-11-19)15-17-8-12-20(13-9-17)28-16-18-5-2-1-3-6-18/h1-9,12-14,19H,10-11,15-16H2. The molecule has 4 aromatic rings. The van der Waals surface area contributed by atoms with E-state index in [9.17, 15) is 4.79 Å². The van der Waals surface area contributed by atoms with Crippen LogP contribution in [0.1, 0.15) is 30.0 Å². The maximum absolute atomic E-state index is 12.9. The molecule has 2 heterocycles. The number of hydrogen-bond acceptors (Lipinski definition) is 4. The molecule has 0 radical (unpaired) electrons. The molecule has 0 bridgehead atoms. The Balaban J connectivity index is 1.33. The summed E-state index contributed by atoms with van der Waals surface area (Å²) in [6, 6.07) is 22.3. The maximum Gasteiger partial charge on any atom is 0.346 e. The lowest BCUT2D eigenvalue weighted by Gasteiger charge is -2.07. The summed E-state index contributed by atoms with van der Waals surface area (Å²) in [5.41, 5.74) is 2.13. The number of hydrogen-bond donors (Lipinski definition) is 0. The van der Waals surface area contributed by atoms with Gasteiger partial charge < -0.3 is 4.74 Å². The molecule has 2 aromatic carbocycles. The van der Waals surface area contributed by atoms with Crippen molar-refractivity contribution in [2.24, 2.45) is 0 Å². The highest BCUT2D eigenvalue weighted by Crippen LogP contribution is 2.37. The lowest BCUT2D eigenvalue weighted by Crippen LogP contribution is -2.25. The van der Waals surface area contributed by atoms with Gasteiger partial charge in [-0.1, -0.05) is 48.5 Å². The molecule has 0 N–H and O–H groups in total. The van der Waals surface area contributed by atoms with Crippen LogP contribution in [0.5, 0.6) is 5.75 Å². The van der Waals surface area contributed by atoms with Gasteiger partial charge in [0.25, 0.3) is 0 Å². The summed E-state index contributed by atoms with van der Waals surface area (Å²) in [6.45, 7) is 0.992. The lowest BCUT2D eigenvalue weighted by atomic mass is 10.2. The fraction of sp³-hybridized carbons (Fsp3) is 0.217. The van der Waals surface area contributed by atoms with E-state index >= 15 is 0 Å². The van der Waals surface area contributed by atoms with Gasteiger partial charge >= 0.3 is 5.69 Å². The van der Waals surface area contributed by atoms with Crippen LogP contribution in [0.15, 0.2) is 76.9 Å². The van der Waals surface area contributed by atoms with Gasteiger partial charge in [0.15, 0.2) is 5.82 Å². The molecule has 0 amide bonds. The van der Waals surface area contributed by atoms with E-state index in [0.29, 0.717) is 19.2 Å². The van der Waals surface area contributed by atoms with E-state index < -0.39 is 0 Å². The zero-order chi connectivity index (χ0) is 19.6. The van der Waals surface area contributed by atoms with Crippen LogP contribution in [0, 0.1) is 0 Å². The zero-order valence-electron chi connectivity index (χ0n) is 15.9. The van der Waals surface area contributed by atoms with E-state index in [1.165, 1.54) is 0 Å². The van der Waals surface area contributed by atoms with E-state index in [4.69, 9.17) is 4.74 Å². The molecular formula is C23H21N3O2S. The van der Waals surface area contributed by atoms with Crippen molar-refractivity contribution in [1.82, 2.24) is 14.3 Å². The molecule has 6 heteroatoms. The summed E-state index contributed by atoms with van der Waals surface area (Å²) < 4.78 is 9.29. The molecule has 5 nitrogen and oxygen atoms in total. The van der Waals surface area contributed by atoms with Gasteiger partial charge in [-0.2, -0.15) is 0 Å². The third-order valence-corrected chi connectivity index (χ3v) is 5.89. The van der Waals surface area contributed by atoms with Gasteiger partial charge in [0.05, 0.1) is 11.4 Å². The lowest BCUT2D eigenvalue weighted by molar-refractivity contribution is 0.306. The van der Waals surface area contributed by atoms with Gasteiger partial charge in [0, 0.05) is 6.04 Å². The Morgan fingerprint density at radius 3 is 2.45 bits per heavy atom. The van der Waals surface area contributed by atoms with Crippen molar-refractivity contribution >= 4 is 11.3 Å². The highest BCUT2D eigenvalue weighted by molar-refractivity contribution is 7.13. The highest BCUT2D eigenvalue weighted by atomic mass is 32.1. The molecule has 0 aliphatic heterocycles. The largest absolute Gasteiger partial charge is 0.489 e. The molecule has 0 spiro atoms. The first kappa shape index (κ1) is 17.9. The van der Waals surface area contributed by atoms with Crippen LogP contribution < -0.4 is 10.4 Å². The average Bonchev–Trinajstić information content (AvgIpc) is 3.33. The van der Waals surface area contributed by atoms with Gasteiger partial charge in [-0.25, -0.2) is 9.48 Å². The Hall–Kier alpha value is -3.12. The fourth-order valence-corrected chi connectivity index (χ4v) is 4.07. The van der Waals surface area contributed by atoms with E-state index in [1.807, 2.05) is 76.7 Å². The topological polar surface area (TPSA) is 49.1 Å². The van der Waals surface area contributed by atoms with Crippen LogP contribution in [-0.4, -0.2) is 14.3 Å². The minimum atomic E-state index is -0.0275. The third kappa shape index (κ3) is 3.89. The summed E-state index contributed by atoms with van der Waals surface area (Å²) >= 11 is 1.62. The summed E-state index contributed by atoms with van der Waals surface area (Å²) in [5, 5.41) is 6.67. The molecule has 1 fully saturated rings. The van der Waals surface area contributed by atoms with Crippen LogP contribution >= 0.6 is 11.3 Å². The number of thiophene rings is 1. The van der Waals surface area contributed by atoms with E-state index in [-0.39, 0.29) is 5.69 Å². The van der Waals surface area contributed by atoms with Gasteiger partial charge in [-0.05, 0) is 47.5 Å². The first-order chi connectivity index (χ1) is 14.3. The molecule has 1 aliphatic rings. The van der Waals surface area contributed by atoms with Crippen molar-refractivity contribution in [3.8, 4) is 16.5 Å². The molecular weight excluding hydrogens is 382 g/mol. The first-order valence-electron chi connectivity index (χ1n) is 9.77. The number of ether oxygens (including phenoxy) is 1. The predicted octanol–water partition coefficient (Wildman–Crippen LogP) is 4.74. The van der Waals surface area contributed by atoms with Crippen molar-refractivity contribution in [3.05, 3.63) is 93.7 Å². The number of benzene rings is 2. The van der Waals surface area contributed by atoms with Crippen molar-refractivity contribution < 1.29 is 4.74 Å². The van der Waals surface area contributed by atoms with Crippen molar-refractivity contribution in [2.75, 3.05) is 0 Å². The Labute approximate surface area is 172 Å². The molecule has 2 aromatic heterocycles. The SMILES string of the molecule is O=c1n(Cc2ccc(OCc3ccccc3)cc2)nc(-c2cccs2)n1C1CC1.